The van der Waals surface area contributed by atoms with Gasteiger partial charge in [0.25, 0.3) is 11.8 Å². The van der Waals surface area contributed by atoms with Gasteiger partial charge in [-0.25, -0.2) is 4.98 Å². The molecule has 2 amide bonds. The molecule has 1 aromatic heterocycles. The van der Waals surface area contributed by atoms with E-state index in [1.165, 1.54) is 12.1 Å². The smallest absolute Gasteiger partial charge is 0.289 e. The van der Waals surface area contributed by atoms with Gasteiger partial charge in [-0.05, 0) is 49.2 Å². The van der Waals surface area contributed by atoms with Crippen LogP contribution in [0.3, 0.4) is 0 Å². The van der Waals surface area contributed by atoms with Gasteiger partial charge in [0.15, 0.2) is 6.61 Å². The van der Waals surface area contributed by atoms with E-state index in [0.717, 1.165) is 11.1 Å². The molecule has 0 atom stereocenters. The molecule has 6 nitrogen and oxygen atoms in total. The molecule has 0 unspecified atom stereocenters. The molecule has 0 saturated carbocycles. The molecule has 0 spiro atoms. The molecule has 0 radical (unpaired) electrons. The standard InChI is InChI=1S/C16H15Cl2N3O3/c1-9-3-4-11(7-10(9)2)24-8-14(22)20-21-16(23)15-12(17)5-6-13(18)19-15/h3-7H,8H2,1-2H3,(H,20,22)(H,21,23). The van der Waals surface area contributed by atoms with Crippen LogP contribution in [0.1, 0.15) is 21.6 Å². The average Bonchev–Trinajstić information content (AvgIpc) is 2.56. The minimum atomic E-state index is -0.679. The quantitative estimate of drug-likeness (QED) is 0.643. The zero-order valence-electron chi connectivity index (χ0n) is 13.0. The van der Waals surface area contributed by atoms with Crippen LogP contribution in [-0.2, 0) is 4.79 Å². The first-order chi connectivity index (χ1) is 11.4. The molecule has 8 heteroatoms. The molecule has 0 aliphatic carbocycles. The zero-order valence-corrected chi connectivity index (χ0v) is 14.5. The Morgan fingerprint density at radius 3 is 2.54 bits per heavy atom. The van der Waals surface area contributed by atoms with Crippen molar-refractivity contribution in [2.75, 3.05) is 6.61 Å². The maximum absolute atomic E-state index is 11.9. The predicted octanol–water partition coefficient (Wildman–Crippen LogP) is 2.85. The highest BCUT2D eigenvalue weighted by molar-refractivity contribution is 6.34. The molecule has 126 valence electrons. The highest BCUT2D eigenvalue weighted by Gasteiger charge is 2.14. The van der Waals surface area contributed by atoms with Crippen molar-refractivity contribution in [2.45, 2.75) is 13.8 Å². The molecule has 2 N–H and O–H groups in total. The molecule has 0 saturated heterocycles. The lowest BCUT2D eigenvalue weighted by Crippen LogP contribution is -2.44. The summed E-state index contributed by atoms with van der Waals surface area (Å²) in [4.78, 5) is 27.4. The van der Waals surface area contributed by atoms with E-state index in [9.17, 15) is 9.59 Å². The van der Waals surface area contributed by atoms with Crippen LogP contribution in [0.2, 0.25) is 10.2 Å². The van der Waals surface area contributed by atoms with Gasteiger partial charge in [0.1, 0.15) is 16.6 Å². The third-order valence-electron chi connectivity index (χ3n) is 3.19. The molecule has 24 heavy (non-hydrogen) atoms. The summed E-state index contributed by atoms with van der Waals surface area (Å²) >= 11 is 11.6. The number of hydrazine groups is 1. The zero-order chi connectivity index (χ0) is 17.7. The molecular formula is C16H15Cl2N3O3. The number of ether oxygens (including phenoxy) is 1. The van der Waals surface area contributed by atoms with E-state index in [1.54, 1.807) is 6.07 Å². The van der Waals surface area contributed by atoms with Crippen molar-refractivity contribution in [3.8, 4) is 5.75 Å². The van der Waals surface area contributed by atoms with Gasteiger partial charge < -0.3 is 4.74 Å². The summed E-state index contributed by atoms with van der Waals surface area (Å²) in [5.74, 6) is -0.638. The van der Waals surface area contributed by atoms with Gasteiger partial charge in [-0.3, -0.25) is 20.4 Å². The van der Waals surface area contributed by atoms with Gasteiger partial charge in [-0.15, -0.1) is 0 Å². The fourth-order valence-electron chi connectivity index (χ4n) is 1.75. The van der Waals surface area contributed by atoms with E-state index in [1.807, 2.05) is 26.0 Å². The highest BCUT2D eigenvalue weighted by atomic mass is 35.5. The van der Waals surface area contributed by atoms with E-state index in [0.29, 0.717) is 5.75 Å². The van der Waals surface area contributed by atoms with Crippen LogP contribution >= 0.6 is 23.2 Å². The third-order valence-corrected chi connectivity index (χ3v) is 3.71. The number of pyridine rings is 1. The van der Waals surface area contributed by atoms with Gasteiger partial charge in [-0.1, -0.05) is 29.3 Å². The number of halogens is 2. The minimum Gasteiger partial charge on any atom is -0.484 e. The Hall–Kier alpha value is -2.31. The summed E-state index contributed by atoms with van der Waals surface area (Å²) in [7, 11) is 0. The number of hydrogen-bond donors (Lipinski definition) is 2. The molecule has 0 aliphatic heterocycles. The predicted molar refractivity (Wildman–Crippen MR) is 91.3 cm³/mol. The normalized spacial score (nSPS) is 10.2. The second-order valence-electron chi connectivity index (χ2n) is 5.00. The SMILES string of the molecule is Cc1ccc(OCC(=O)NNC(=O)c2nc(Cl)ccc2Cl)cc1C. The lowest BCUT2D eigenvalue weighted by molar-refractivity contribution is -0.123. The van der Waals surface area contributed by atoms with Gasteiger partial charge in [-0.2, -0.15) is 0 Å². The number of aryl methyl sites for hydroxylation is 2. The summed E-state index contributed by atoms with van der Waals surface area (Å²) < 4.78 is 5.36. The monoisotopic (exact) mass is 367 g/mol. The number of nitrogens with one attached hydrogen (secondary N) is 2. The van der Waals surface area contributed by atoms with Crippen LogP contribution in [0.4, 0.5) is 0 Å². The fourth-order valence-corrected chi connectivity index (χ4v) is 2.09. The molecule has 0 bridgehead atoms. The number of nitrogens with zero attached hydrogens (tertiary/aromatic N) is 1. The Morgan fingerprint density at radius 1 is 1.08 bits per heavy atom. The number of carbonyl (C=O) groups excluding carboxylic acids is 2. The summed E-state index contributed by atoms with van der Waals surface area (Å²) in [6, 6.07) is 8.39. The van der Waals surface area contributed by atoms with E-state index in [4.69, 9.17) is 27.9 Å². The van der Waals surface area contributed by atoms with Crippen LogP contribution in [0.15, 0.2) is 30.3 Å². The van der Waals surface area contributed by atoms with Gasteiger partial charge in [0.05, 0.1) is 5.02 Å². The molecule has 1 aromatic carbocycles. The van der Waals surface area contributed by atoms with Crippen molar-refractivity contribution in [1.29, 1.82) is 0 Å². The number of rotatable bonds is 4. The Labute approximate surface area is 149 Å². The number of hydrogen-bond acceptors (Lipinski definition) is 4. The molecular weight excluding hydrogens is 353 g/mol. The van der Waals surface area contributed by atoms with E-state index >= 15 is 0 Å². The lowest BCUT2D eigenvalue weighted by Gasteiger charge is -2.10. The van der Waals surface area contributed by atoms with Crippen molar-refractivity contribution in [2.24, 2.45) is 0 Å². The van der Waals surface area contributed by atoms with Crippen molar-refractivity contribution < 1.29 is 14.3 Å². The molecule has 2 rings (SSSR count). The largest absolute Gasteiger partial charge is 0.484 e. The van der Waals surface area contributed by atoms with Crippen molar-refractivity contribution in [3.63, 3.8) is 0 Å². The van der Waals surface area contributed by atoms with Crippen LogP contribution in [0.25, 0.3) is 0 Å². The maximum atomic E-state index is 11.9. The Morgan fingerprint density at radius 2 is 1.83 bits per heavy atom. The summed E-state index contributed by atoms with van der Waals surface area (Å²) in [6.07, 6.45) is 0. The van der Waals surface area contributed by atoms with Crippen molar-refractivity contribution in [1.82, 2.24) is 15.8 Å². The van der Waals surface area contributed by atoms with Crippen LogP contribution in [0, 0.1) is 13.8 Å². The van der Waals surface area contributed by atoms with E-state index < -0.39 is 11.8 Å². The highest BCUT2D eigenvalue weighted by Crippen LogP contribution is 2.17. The van der Waals surface area contributed by atoms with E-state index in [2.05, 4.69) is 15.8 Å². The molecule has 1 heterocycles. The number of aromatic nitrogens is 1. The number of benzene rings is 1. The molecule has 2 aromatic rings. The first kappa shape index (κ1) is 18.0. The molecule has 0 fully saturated rings. The first-order valence-corrected chi connectivity index (χ1v) is 7.73. The number of amides is 2. The van der Waals surface area contributed by atoms with Crippen molar-refractivity contribution >= 4 is 35.0 Å². The Balaban J connectivity index is 1.85. The topological polar surface area (TPSA) is 80.3 Å². The van der Waals surface area contributed by atoms with Gasteiger partial charge in [0.2, 0.25) is 0 Å². The summed E-state index contributed by atoms with van der Waals surface area (Å²) in [5.41, 5.74) is 6.52. The third kappa shape index (κ3) is 4.84. The van der Waals surface area contributed by atoms with Crippen LogP contribution in [0.5, 0.6) is 5.75 Å². The average molecular weight is 368 g/mol. The van der Waals surface area contributed by atoms with Crippen molar-refractivity contribution in [3.05, 3.63) is 57.3 Å². The van der Waals surface area contributed by atoms with Gasteiger partial charge >= 0.3 is 0 Å². The Kier molecular flexibility index (Phi) is 6.00. The first-order valence-electron chi connectivity index (χ1n) is 6.98. The summed E-state index contributed by atoms with van der Waals surface area (Å²) in [5, 5.41) is 0.242. The maximum Gasteiger partial charge on any atom is 0.289 e. The fraction of sp³-hybridized carbons (Fsp3) is 0.188. The van der Waals surface area contributed by atoms with Crippen LogP contribution in [-0.4, -0.2) is 23.4 Å². The lowest BCUT2D eigenvalue weighted by atomic mass is 10.1. The second kappa shape index (κ2) is 7.99. The van der Waals surface area contributed by atoms with E-state index in [-0.39, 0.29) is 22.5 Å². The summed E-state index contributed by atoms with van der Waals surface area (Å²) in [6.45, 7) is 3.68. The van der Waals surface area contributed by atoms with Gasteiger partial charge in [0, 0.05) is 0 Å². The number of carbonyl (C=O) groups is 2. The molecule has 0 aliphatic rings. The second-order valence-corrected chi connectivity index (χ2v) is 5.80. The van der Waals surface area contributed by atoms with Crippen LogP contribution < -0.4 is 15.6 Å². The Bertz CT molecular complexity index is 781. The minimum absolute atomic E-state index is 0.0838.